The monoisotopic (exact) mass is 571 g/mol. The van der Waals surface area contributed by atoms with E-state index in [4.69, 9.17) is 4.74 Å². The van der Waals surface area contributed by atoms with E-state index in [0.717, 1.165) is 23.1 Å². The van der Waals surface area contributed by atoms with Crippen LogP contribution in [0.25, 0.3) is 0 Å². The van der Waals surface area contributed by atoms with E-state index in [1.807, 2.05) is 106 Å². The van der Waals surface area contributed by atoms with E-state index < -0.39 is 29.3 Å². The second kappa shape index (κ2) is 14.2. The van der Waals surface area contributed by atoms with Gasteiger partial charge in [-0.3, -0.25) is 9.59 Å². The lowest BCUT2D eigenvalue weighted by atomic mass is 9.93. The minimum Gasteiger partial charge on any atom is -0.444 e. The zero-order valence-electron chi connectivity index (χ0n) is 25.9. The number of nitrogens with zero attached hydrogens (tertiary/aromatic N) is 1. The first-order valence-corrected chi connectivity index (χ1v) is 14.6. The van der Waals surface area contributed by atoms with Crippen LogP contribution in [0.4, 0.5) is 4.79 Å². The standard InChI is InChI=1S/C35H45N3O4/c1-8-25-19-21-28(22-20-25)30(31(39)36-24-27-17-13-10-14-18-27)38(34(2,3)4)32(40)29(23-26-15-11-9-12-16-26)37-33(41)42-35(5,6)7/h9-22,29-30H,8,23-24H2,1-7H3,(H,36,39)(H,37,41). The van der Waals surface area contributed by atoms with Gasteiger partial charge in [-0.05, 0) is 70.2 Å². The van der Waals surface area contributed by atoms with Crippen LogP contribution in [0.5, 0.6) is 0 Å². The highest BCUT2D eigenvalue weighted by Gasteiger charge is 2.42. The predicted molar refractivity (Wildman–Crippen MR) is 167 cm³/mol. The fourth-order valence-corrected chi connectivity index (χ4v) is 4.75. The van der Waals surface area contributed by atoms with Gasteiger partial charge in [-0.2, -0.15) is 0 Å². The van der Waals surface area contributed by atoms with Crippen LogP contribution in [0.3, 0.4) is 0 Å². The Morgan fingerprint density at radius 1 is 0.762 bits per heavy atom. The Bertz CT molecular complexity index is 1310. The van der Waals surface area contributed by atoms with Crippen molar-refractivity contribution in [2.24, 2.45) is 0 Å². The lowest BCUT2D eigenvalue weighted by Crippen LogP contribution is -2.59. The zero-order valence-corrected chi connectivity index (χ0v) is 25.9. The fraction of sp³-hybridized carbons (Fsp3) is 0.400. The average Bonchev–Trinajstić information content (AvgIpc) is 2.93. The summed E-state index contributed by atoms with van der Waals surface area (Å²) in [5.41, 5.74) is 2.13. The quantitative estimate of drug-likeness (QED) is 0.296. The molecular weight excluding hydrogens is 526 g/mol. The Kier molecular flexibility index (Phi) is 10.9. The maximum Gasteiger partial charge on any atom is 0.408 e. The average molecular weight is 572 g/mol. The molecule has 2 unspecified atom stereocenters. The fourth-order valence-electron chi connectivity index (χ4n) is 4.75. The first kappa shape index (κ1) is 32.4. The Hall–Kier alpha value is -4.13. The van der Waals surface area contributed by atoms with Gasteiger partial charge >= 0.3 is 6.09 Å². The highest BCUT2D eigenvalue weighted by Crippen LogP contribution is 2.31. The topological polar surface area (TPSA) is 87.7 Å². The third-order valence-corrected chi connectivity index (χ3v) is 6.75. The van der Waals surface area contributed by atoms with E-state index >= 15 is 0 Å². The van der Waals surface area contributed by atoms with Crippen LogP contribution in [0.15, 0.2) is 84.9 Å². The number of benzene rings is 3. The number of aryl methyl sites for hydroxylation is 1. The molecule has 0 radical (unpaired) electrons. The molecule has 0 bridgehead atoms. The van der Waals surface area contributed by atoms with Crippen LogP contribution in [0.2, 0.25) is 0 Å². The van der Waals surface area contributed by atoms with E-state index in [1.165, 1.54) is 0 Å². The van der Waals surface area contributed by atoms with E-state index in [2.05, 4.69) is 17.6 Å². The molecule has 0 aromatic heterocycles. The Labute approximate surface area is 250 Å². The number of nitrogens with one attached hydrogen (secondary N) is 2. The van der Waals surface area contributed by atoms with Crippen LogP contribution < -0.4 is 10.6 Å². The molecule has 2 atom stereocenters. The summed E-state index contributed by atoms with van der Waals surface area (Å²) >= 11 is 0. The van der Waals surface area contributed by atoms with Crippen molar-refractivity contribution < 1.29 is 19.1 Å². The van der Waals surface area contributed by atoms with Gasteiger partial charge in [-0.15, -0.1) is 0 Å². The van der Waals surface area contributed by atoms with E-state index in [9.17, 15) is 14.4 Å². The number of amides is 3. The maximum absolute atomic E-state index is 14.6. The summed E-state index contributed by atoms with van der Waals surface area (Å²) in [6.07, 6.45) is 0.396. The van der Waals surface area contributed by atoms with E-state index in [1.54, 1.807) is 25.7 Å². The Morgan fingerprint density at radius 3 is 1.81 bits per heavy atom. The van der Waals surface area contributed by atoms with Crippen molar-refractivity contribution in [2.75, 3.05) is 0 Å². The number of carbonyl (C=O) groups excluding carboxylic acids is 3. The minimum absolute atomic E-state index is 0.235. The zero-order chi connectivity index (χ0) is 30.9. The molecule has 0 aliphatic rings. The number of rotatable bonds is 10. The van der Waals surface area contributed by atoms with Gasteiger partial charge in [0, 0.05) is 18.5 Å². The van der Waals surface area contributed by atoms with Crippen molar-refractivity contribution in [1.29, 1.82) is 0 Å². The predicted octanol–water partition coefficient (Wildman–Crippen LogP) is 6.37. The molecule has 7 heteroatoms. The first-order valence-electron chi connectivity index (χ1n) is 14.6. The van der Waals surface area contributed by atoms with Gasteiger partial charge in [0.1, 0.15) is 17.7 Å². The summed E-state index contributed by atoms with van der Waals surface area (Å²) < 4.78 is 5.53. The summed E-state index contributed by atoms with van der Waals surface area (Å²) in [4.78, 5) is 43.2. The molecule has 0 aliphatic heterocycles. The molecule has 3 rings (SSSR count). The largest absolute Gasteiger partial charge is 0.444 e. The molecule has 0 spiro atoms. The van der Waals surface area contributed by atoms with E-state index in [-0.39, 0.29) is 18.2 Å². The van der Waals surface area contributed by atoms with Gasteiger partial charge in [-0.25, -0.2) is 4.79 Å². The summed E-state index contributed by atoms with van der Waals surface area (Å²) in [7, 11) is 0. The van der Waals surface area contributed by atoms with Crippen LogP contribution in [0, 0.1) is 0 Å². The number of alkyl carbamates (subject to hydrolysis) is 1. The molecule has 0 saturated heterocycles. The summed E-state index contributed by atoms with van der Waals surface area (Å²) in [5, 5.41) is 5.86. The highest BCUT2D eigenvalue weighted by atomic mass is 16.6. The van der Waals surface area contributed by atoms with Gasteiger partial charge in [-0.1, -0.05) is 91.9 Å². The molecule has 0 saturated carbocycles. The van der Waals surface area contributed by atoms with E-state index in [0.29, 0.717) is 12.1 Å². The number of ether oxygens (including phenoxy) is 1. The molecule has 0 aliphatic carbocycles. The highest BCUT2D eigenvalue weighted by molar-refractivity contribution is 5.92. The lowest BCUT2D eigenvalue weighted by molar-refractivity contribution is -0.148. The maximum atomic E-state index is 14.6. The third-order valence-electron chi connectivity index (χ3n) is 6.75. The van der Waals surface area contributed by atoms with Gasteiger partial charge in [0.2, 0.25) is 11.8 Å². The molecule has 3 amide bonds. The van der Waals surface area contributed by atoms with Crippen molar-refractivity contribution in [3.05, 3.63) is 107 Å². The van der Waals surface area contributed by atoms with Crippen molar-refractivity contribution in [3.8, 4) is 0 Å². The van der Waals surface area contributed by atoms with Crippen molar-refractivity contribution >= 4 is 17.9 Å². The number of hydrogen-bond donors (Lipinski definition) is 2. The van der Waals surface area contributed by atoms with Gasteiger partial charge in [0.15, 0.2) is 0 Å². The molecule has 3 aromatic rings. The molecule has 2 N–H and O–H groups in total. The Balaban J connectivity index is 2.05. The Morgan fingerprint density at radius 2 is 1.31 bits per heavy atom. The lowest BCUT2D eigenvalue weighted by Gasteiger charge is -2.43. The summed E-state index contributed by atoms with van der Waals surface area (Å²) in [6, 6.07) is 25.0. The summed E-state index contributed by atoms with van der Waals surface area (Å²) in [6.45, 7) is 13.4. The summed E-state index contributed by atoms with van der Waals surface area (Å²) in [5.74, 6) is -0.682. The smallest absolute Gasteiger partial charge is 0.408 e. The molecule has 7 nitrogen and oxygen atoms in total. The third kappa shape index (κ3) is 9.47. The number of hydrogen-bond acceptors (Lipinski definition) is 4. The second-order valence-electron chi connectivity index (χ2n) is 12.5. The van der Waals surface area contributed by atoms with Crippen molar-refractivity contribution in [3.63, 3.8) is 0 Å². The van der Waals surface area contributed by atoms with Crippen molar-refractivity contribution in [2.45, 2.75) is 91.1 Å². The number of carbonyl (C=O) groups is 3. The van der Waals surface area contributed by atoms with Crippen LogP contribution in [0.1, 0.15) is 76.8 Å². The molecule has 0 heterocycles. The molecule has 224 valence electrons. The van der Waals surface area contributed by atoms with Crippen LogP contribution >= 0.6 is 0 Å². The SMILES string of the molecule is CCc1ccc(C(C(=O)NCc2ccccc2)N(C(=O)C(Cc2ccccc2)NC(=O)OC(C)(C)C)C(C)(C)C)cc1. The van der Waals surface area contributed by atoms with Gasteiger partial charge < -0.3 is 20.3 Å². The minimum atomic E-state index is -0.971. The molecule has 42 heavy (non-hydrogen) atoms. The first-order chi connectivity index (χ1) is 19.8. The van der Waals surface area contributed by atoms with Gasteiger partial charge in [0.05, 0.1) is 0 Å². The second-order valence-corrected chi connectivity index (χ2v) is 12.5. The van der Waals surface area contributed by atoms with Gasteiger partial charge in [0.25, 0.3) is 0 Å². The normalized spacial score (nSPS) is 13.0. The molecular formula is C35H45N3O4. The van der Waals surface area contributed by atoms with Crippen LogP contribution in [-0.2, 0) is 33.7 Å². The van der Waals surface area contributed by atoms with Crippen LogP contribution in [-0.4, -0.2) is 40.0 Å². The molecule has 3 aromatic carbocycles. The molecule has 0 fully saturated rings. The van der Waals surface area contributed by atoms with Crippen molar-refractivity contribution in [1.82, 2.24) is 15.5 Å².